The molecule has 1 aromatic carbocycles. The zero-order chi connectivity index (χ0) is 15.2. The Morgan fingerprint density at radius 2 is 2.27 bits per heavy atom. The Kier molecular flexibility index (Phi) is 7.61. The Morgan fingerprint density at radius 3 is 2.86 bits per heavy atom. The van der Waals surface area contributed by atoms with E-state index in [-0.39, 0.29) is 31.3 Å². The number of nitrogens with zero attached hydrogens (tertiary/aromatic N) is 1. The first kappa shape index (κ1) is 18.7. The van der Waals surface area contributed by atoms with Crippen LogP contribution in [-0.4, -0.2) is 22.6 Å². The van der Waals surface area contributed by atoms with E-state index in [1.54, 1.807) is 29.9 Å². The van der Waals surface area contributed by atoms with E-state index < -0.39 is 5.97 Å². The number of aromatic nitrogens is 1. The van der Waals surface area contributed by atoms with Gasteiger partial charge in [0.2, 0.25) is 0 Å². The number of benzene rings is 1. The minimum absolute atomic E-state index is 0. The van der Waals surface area contributed by atoms with Crippen molar-refractivity contribution >= 4 is 41.3 Å². The predicted molar refractivity (Wildman–Crippen MR) is 89.2 cm³/mol. The second kappa shape index (κ2) is 8.95. The number of hydrogen-bond acceptors (Lipinski definition) is 5. The van der Waals surface area contributed by atoms with E-state index in [2.05, 4.69) is 4.98 Å². The summed E-state index contributed by atoms with van der Waals surface area (Å²) in [5, 5.41) is 9.39. The fourth-order valence-electron chi connectivity index (χ4n) is 1.89. The molecule has 0 unspecified atom stereocenters. The van der Waals surface area contributed by atoms with Crippen molar-refractivity contribution in [2.24, 2.45) is 5.73 Å². The fraction of sp³-hybridized carbons (Fsp3) is 0.286. The minimum Gasteiger partial charge on any atom is -0.486 e. The SMILES string of the molecule is Cl.NC[C@H](CC(=O)O)c1ccc(Cl)c(OCc2cncs2)c1. The molecule has 2 rings (SSSR count). The van der Waals surface area contributed by atoms with Crippen LogP contribution in [-0.2, 0) is 11.4 Å². The average molecular weight is 363 g/mol. The Hall–Kier alpha value is -1.34. The molecule has 3 N–H and O–H groups in total. The summed E-state index contributed by atoms with van der Waals surface area (Å²) in [4.78, 5) is 15.8. The van der Waals surface area contributed by atoms with Crippen molar-refractivity contribution in [3.63, 3.8) is 0 Å². The van der Waals surface area contributed by atoms with Crippen molar-refractivity contribution in [3.8, 4) is 5.75 Å². The van der Waals surface area contributed by atoms with Gasteiger partial charge in [0, 0.05) is 12.1 Å². The van der Waals surface area contributed by atoms with E-state index in [9.17, 15) is 4.79 Å². The van der Waals surface area contributed by atoms with Crippen molar-refractivity contribution in [2.45, 2.75) is 18.9 Å². The molecule has 5 nitrogen and oxygen atoms in total. The van der Waals surface area contributed by atoms with Crippen molar-refractivity contribution in [2.75, 3.05) is 6.54 Å². The Labute approximate surface area is 143 Å². The lowest BCUT2D eigenvalue weighted by Crippen LogP contribution is -2.16. The molecular formula is C14H16Cl2N2O3S. The summed E-state index contributed by atoms with van der Waals surface area (Å²) in [5.41, 5.74) is 8.19. The molecule has 22 heavy (non-hydrogen) atoms. The summed E-state index contributed by atoms with van der Waals surface area (Å²) in [5.74, 6) is -0.621. The first-order valence-corrected chi connectivity index (χ1v) is 7.57. The number of hydrogen-bond donors (Lipinski definition) is 2. The summed E-state index contributed by atoms with van der Waals surface area (Å²) in [7, 11) is 0. The van der Waals surface area contributed by atoms with Gasteiger partial charge in [-0.15, -0.1) is 23.7 Å². The fourth-order valence-corrected chi connectivity index (χ4v) is 2.57. The number of thiazole rings is 1. The highest BCUT2D eigenvalue weighted by Gasteiger charge is 2.16. The summed E-state index contributed by atoms with van der Waals surface area (Å²) in [6.45, 7) is 0.627. The van der Waals surface area contributed by atoms with Gasteiger partial charge in [-0.05, 0) is 24.2 Å². The van der Waals surface area contributed by atoms with Crippen molar-refractivity contribution < 1.29 is 14.6 Å². The van der Waals surface area contributed by atoms with Crippen LogP contribution < -0.4 is 10.5 Å². The van der Waals surface area contributed by atoms with Gasteiger partial charge >= 0.3 is 5.97 Å². The van der Waals surface area contributed by atoms with Gasteiger partial charge in [-0.2, -0.15) is 0 Å². The van der Waals surface area contributed by atoms with Gasteiger partial charge in [-0.25, -0.2) is 0 Å². The number of carboxylic acid groups (broad SMARTS) is 1. The molecule has 1 heterocycles. The number of ether oxygens (including phenoxy) is 1. The predicted octanol–water partition coefficient (Wildman–Crippen LogP) is 3.31. The number of rotatable bonds is 7. The van der Waals surface area contributed by atoms with E-state index in [0.717, 1.165) is 10.4 Å². The van der Waals surface area contributed by atoms with Gasteiger partial charge in [0.15, 0.2) is 0 Å². The monoisotopic (exact) mass is 362 g/mol. The minimum atomic E-state index is -0.882. The third-order valence-electron chi connectivity index (χ3n) is 2.99. The van der Waals surface area contributed by atoms with E-state index in [0.29, 0.717) is 17.4 Å². The van der Waals surface area contributed by atoms with Crippen LogP contribution in [0.3, 0.4) is 0 Å². The maximum absolute atomic E-state index is 10.9. The van der Waals surface area contributed by atoms with E-state index in [4.69, 9.17) is 27.2 Å². The lowest BCUT2D eigenvalue weighted by molar-refractivity contribution is -0.137. The van der Waals surface area contributed by atoms with Gasteiger partial charge < -0.3 is 15.6 Å². The molecule has 0 aliphatic carbocycles. The summed E-state index contributed by atoms with van der Waals surface area (Å²) < 4.78 is 5.67. The highest BCUT2D eigenvalue weighted by Crippen LogP contribution is 2.30. The second-order valence-corrected chi connectivity index (χ2v) is 5.85. The molecule has 0 spiro atoms. The molecule has 0 amide bonds. The quantitative estimate of drug-likeness (QED) is 0.788. The lowest BCUT2D eigenvalue weighted by atomic mass is 9.96. The molecule has 0 aliphatic heterocycles. The normalized spacial score (nSPS) is 11.5. The average Bonchev–Trinajstić information content (AvgIpc) is 2.97. The smallest absolute Gasteiger partial charge is 0.304 e. The van der Waals surface area contributed by atoms with Crippen LogP contribution in [0, 0.1) is 0 Å². The molecule has 2 aromatic rings. The zero-order valence-corrected chi connectivity index (χ0v) is 14.0. The molecule has 0 aliphatic rings. The first-order chi connectivity index (χ1) is 10.1. The van der Waals surface area contributed by atoms with Gasteiger partial charge in [-0.3, -0.25) is 9.78 Å². The van der Waals surface area contributed by atoms with Crippen LogP contribution in [0.1, 0.15) is 22.8 Å². The molecule has 0 fully saturated rings. The van der Waals surface area contributed by atoms with Gasteiger partial charge in [-0.1, -0.05) is 17.7 Å². The standard InChI is InChI=1S/C14H15ClN2O3S.ClH/c15-12-2-1-9(10(5-16)4-14(18)19)3-13(12)20-7-11-6-17-8-21-11;/h1-3,6,8,10H,4-5,7,16H2,(H,18,19);1H/t10-;/m0./s1. The maximum atomic E-state index is 10.9. The number of nitrogens with two attached hydrogens (primary N) is 1. The van der Waals surface area contributed by atoms with Crippen LogP contribution in [0.15, 0.2) is 29.9 Å². The topological polar surface area (TPSA) is 85.4 Å². The van der Waals surface area contributed by atoms with Crippen molar-refractivity contribution in [1.29, 1.82) is 0 Å². The molecule has 0 bridgehead atoms. The van der Waals surface area contributed by atoms with Gasteiger partial charge in [0.1, 0.15) is 12.4 Å². The van der Waals surface area contributed by atoms with Crippen LogP contribution in [0.2, 0.25) is 5.02 Å². The molecule has 120 valence electrons. The number of carbonyl (C=O) groups is 1. The number of carboxylic acids is 1. The van der Waals surface area contributed by atoms with Gasteiger partial charge in [0.25, 0.3) is 0 Å². The maximum Gasteiger partial charge on any atom is 0.304 e. The zero-order valence-electron chi connectivity index (χ0n) is 11.6. The first-order valence-electron chi connectivity index (χ1n) is 6.31. The van der Waals surface area contributed by atoms with Crippen molar-refractivity contribution in [3.05, 3.63) is 45.4 Å². The van der Waals surface area contributed by atoms with Crippen LogP contribution in [0.4, 0.5) is 0 Å². The largest absolute Gasteiger partial charge is 0.486 e. The molecule has 0 saturated carbocycles. The third kappa shape index (κ3) is 5.14. The summed E-state index contributed by atoms with van der Waals surface area (Å²) in [6, 6.07) is 5.23. The van der Waals surface area contributed by atoms with Crippen LogP contribution in [0.5, 0.6) is 5.75 Å². The van der Waals surface area contributed by atoms with E-state index in [1.165, 1.54) is 11.3 Å². The van der Waals surface area contributed by atoms with Crippen LogP contribution >= 0.6 is 35.3 Å². The number of halogens is 2. The molecule has 0 saturated heterocycles. The Balaban J connectivity index is 0.00000242. The second-order valence-electron chi connectivity index (χ2n) is 4.48. The molecular weight excluding hydrogens is 347 g/mol. The molecule has 0 radical (unpaired) electrons. The van der Waals surface area contributed by atoms with Crippen molar-refractivity contribution in [1.82, 2.24) is 4.98 Å². The van der Waals surface area contributed by atoms with Crippen LogP contribution in [0.25, 0.3) is 0 Å². The highest BCUT2D eigenvalue weighted by molar-refractivity contribution is 7.09. The molecule has 8 heteroatoms. The Bertz CT molecular complexity index is 608. The van der Waals surface area contributed by atoms with E-state index >= 15 is 0 Å². The summed E-state index contributed by atoms with van der Waals surface area (Å²) in [6.07, 6.45) is 1.71. The summed E-state index contributed by atoms with van der Waals surface area (Å²) >= 11 is 7.60. The van der Waals surface area contributed by atoms with Gasteiger partial charge in [0.05, 0.1) is 21.8 Å². The van der Waals surface area contributed by atoms with E-state index in [1.807, 2.05) is 0 Å². The molecule has 1 aromatic heterocycles. The number of aliphatic carboxylic acids is 1. The highest BCUT2D eigenvalue weighted by atomic mass is 35.5. The molecule has 1 atom stereocenters. The lowest BCUT2D eigenvalue weighted by Gasteiger charge is -2.15. The Morgan fingerprint density at radius 1 is 1.50 bits per heavy atom. The third-order valence-corrected chi connectivity index (χ3v) is 4.05.